The van der Waals surface area contributed by atoms with Crippen LogP contribution in [0.25, 0.3) is 0 Å². The minimum Gasteiger partial charge on any atom is -0.461 e. The lowest BCUT2D eigenvalue weighted by Gasteiger charge is -2.04. The molecule has 0 spiro atoms. The van der Waals surface area contributed by atoms with Crippen LogP contribution in [0, 0.1) is 0 Å². The highest BCUT2D eigenvalue weighted by molar-refractivity contribution is 7.14. The Morgan fingerprint density at radius 1 is 1.62 bits per heavy atom. The van der Waals surface area contributed by atoms with Gasteiger partial charge in [-0.3, -0.25) is 4.79 Å². The van der Waals surface area contributed by atoms with E-state index in [1.807, 2.05) is 0 Å². The summed E-state index contributed by atoms with van der Waals surface area (Å²) < 4.78 is 4.83. The Bertz CT molecular complexity index is 378. The molecule has 0 aliphatic heterocycles. The van der Waals surface area contributed by atoms with E-state index >= 15 is 0 Å². The standard InChI is InChI=1S/C9H13N3O3S/c1-2-15-9(14)7-8(16-5-12-7)11-4-3-6(10)13/h5,11H,2-4H2,1H3,(H2,10,13). The van der Waals surface area contributed by atoms with Crippen molar-refractivity contribution in [2.45, 2.75) is 13.3 Å². The molecular formula is C9H13N3O3S. The normalized spacial score (nSPS) is 9.81. The van der Waals surface area contributed by atoms with Gasteiger partial charge in [-0.1, -0.05) is 0 Å². The largest absolute Gasteiger partial charge is 0.461 e. The lowest BCUT2D eigenvalue weighted by Crippen LogP contribution is -2.16. The number of nitrogens with two attached hydrogens (primary N) is 1. The molecular weight excluding hydrogens is 230 g/mol. The molecule has 0 unspecified atom stereocenters. The second-order valence-corrected chi connectivity index (χ2v) is 3.75. The molecule has 0 saturated heterocycles. The number of esters is 1. The zero-order chi connectivity index (χ0) is 12.0. The van der Waals surface area contributed by atoms with E-state index in [1.54, 1.807) is 12.4 Å². The van der Waals surface area contributed by atoms with Crippen molar-refractivity contribution < 1.29 is 14.3 Å². The number of nitrogens with zero attached hydrogens (tertiary/aromatic N) is 1. The second kappa shape index (κ2) is 6.06. The van der Waals surface area contributed by atoms with E-state index in [0.29, 0.717) is 18.2 Å². The topological polar surface area (TPSA) is 94.3 Å². The lowest BCUT2D eigenvalue weighted by molar-refractivity contribution is -0.117. The Morgan fingerprint density at radius 2 is 2.38 bits per heavy atom. The Hall–Kier alpha value is -1.63. The van der Waals surface area contributed by atoms with Gasteiger partial charge in [-0.2, -0.15) is 0 Å². The molecule has 0 aliphatic rings. The first-order valence-electron chi connectivity index (χ1n) is 4.78. The van der Waals surface area contributed by atoms with E-state index in [2.05, 4.69) is 10.3 Å². The number of nitrogens with one attached hydrogen (secondary N) is 1. The van der Waals surface area contributed by atoms with Gasteiger partial charge in [0.1, 0.15) is 5.00 Å². The summed E-state index contributed by atoms with van der Waals surface area (Å²) in [6.07, 6.45) is 0.208. The van der Waals surface area contributed by atoms with Gasteiger partial charge in [-0.25, -0.2) is 9.78 Å². The monoisotopic (exact) mass is 243 g/mol. The molecule has 1 aromatic rings. The van der Waals surface area contributed by atoms with Crippen molar-refractivity contribution in [3.63, 3.8) is 0 Å². The fourth-order valence-corrected chi connectivity index (χ4v) is 1.71. The van der Waals surface area contributed by atoms with Crippen molar-refractivity contribution >= 4 is 28.2 Å². The molecule has 1 rings (SSSR count). The molecule has 0 radical (unpaired) electrons. The summed E-state index contributed by atoms with van der Waals surface area (Å²) in [4.78, 5) is 25.8. The summed E-state index contributed by atoms with van der Waals surface area (Å²) in [6, 6.07) is 0. The first-order chi connectivity index (χ1) is 7.65. The fourth-order valence-electron chi connectivity index (χ4n) is 1.02. The summed E-state index contributed by atoms with van der Waals surface area (Å²) in [7, 11) is 0. The van der Waals surface area contributed by atoms with E-state index in [9.17, 15) is 9.59 Å². The van der Waals surface area contributed by atoms with E-state index in [-0.39, 0.29) is 12.1 Å². The van der Waals surface area contributed by atoms with Crippen molar-refractivity contribution in [3.8, 4) is 0 Å². The molecule has 0 aromatic carbocycles. The average molecular weight is 243 g/mol. The highest BCUT2D eigenvalue weighted by Crippen LogP contribution is 2.20. The number of carbonyl (C=O) groups is 2. The van der Waals surface area contributed by atoms with Gasteiger partial charge in [0, 0.05) is 13.0 Å². The van der Waals surface area contributed by atoms with Crippen LogP contribution >= 0.6 is 11.3 Å². The smallest absolute Gasteiger partial charge is 0.360 e. The van der Waals surface area contributed by atoms with Crippen LogP contribution in [0.5, 0.6) is 0 Å². The van der Waals surface area contributed by atoms with Crippen molar-refractivity contribution in [1.29, 1.82) is 0 Å². The minimum absolute atomic E-state index is 0.208. The number of amides is 1. The molecule has 0 bridgehead atoms. The maximum atomic E-state index is 11.4. The van der Waals surface area contributed by atoms with Gasteiger partial charge in [0.05, 0.1) is 12.1 Å². The Kier molecular flexibility index (Phi) is 4.71. The zero-order valence-corrected chi connectivity index (χ0v) is 9.67. The number of aromatic nitrogens is 1. The number of anilines is 1. The van der Waals surface area contributed by atoms with Crippen LogP contribution < -0.4 is 11.1 Å². The van der Waals surface area contributed by atoms with E-state index < -0.39 is 11.9 Å². The van der Waals surface area contributed by atoms with Gasteiger partial charge in [0.25, 0.3) is 0 Å². The lowest BCUT2D eigenvalue weighted by atomic mass is 10.4. The number of hydrogen-bond donors (Lipinski definition) is 2. The number of hydrogen-bond acceptors (Lipinski definition) is 6. The molecule has 1 heterocycles. The van der Waals surface area contributed by atoms with Crippen molar-refractivity contribution in [1.82, 2.24) is 4.98 Å². The molecule has 3 N–H and O–H groups in total. The third-order valence-electron chi connectivity index (χ3n) is 1.69. The Labute approximate surface area is 96.8 Å². The predicted molar refractivity (Wildman–Crippen MR) is 60.4 cm³/mol. The van der Waals surface area contributed by atoms with Crippen LogP contribution in [0.4, 0.5) is 5.00 Å². The van der Waals surface area contributed by atoms with E-state index in [1.165, 1.54) is 11.3 Å². The highest BCUT2D eigenvalue weighted by atomic mass is 32.1. The third-order valence-corrected chi connectivity index (χ3v) is 2.48. The van der Waals surface area contributed by atoms with Crippen LogP contribution in [-0.2, 0) is 9.53 Å². The molecule has 0 atom stereocenters. The predicted octanol–water partition coefficient (Wildman–Crippen LogP) is 0.607. The SMILES string of the molecule is CCOC(=O)c1ncsc1NCCC(N)=O. The summed E-state index contributed by atoms with van der Waals surface area (Å²) >= 11 is 1.28. The van der Waals surface area contributed by atoms with E-state index in [4.69, 9.17) is 10.5 Å². The minimum atomic E-state index is -0.467. The van der Waals surface area contributed by atoms with Crippen molar-refractivity contribution in [2.24, 2.45) is 5.73 Å². The fraction of sp³-hybridized carbons (Fsp3) is 0.444. The molecule has 6 nitrogen and oxygen atoms in total. The zero-order valence-electron chi connectivity index (χ0n) is 8.86. The number of thiazole rings is 1. The van der Waals surface area contributed by atoms with Gasteiger partial charge in [-0.15, -0.1) is 11.3 Å². The summed E-state index contributed by atoms with van der Waals surface area (Å²) in [5.41, 5.74) is 6.78. The van der Waals surface area contributed by atoms with Gasteiger partial charge >= 0.3 is 5.97 Å². The van der Waals surface area contributed by atoms with Crippen molar-refractivity contribution in [3.05, 3.63) is 11.2 Å². The Balaban J connectivity index is 2.56. The summed E-state index contributed by atoms with van der Waals surface area (Å²) in [5.74, 6) is -0.861. The van der Waals surface area contributed by atoms with E-state index in [0.717, 1.165) is 0 Å². The van der Waals surface area contributed by atoms with Crippen LogP contribution in [0.15, 0.2) is 5.51 Å². The summed E-state index contributed by atoms with van der Waals surface area (Å²) in [6.45, 7) is 2.41. The van der Waals surface area contributed by atoms with Crippen LogP contribution in [-0.4, -0.2) is 30.0 Å². The maximum Gasteiger partial charge on any atom is 0.360 e. The molecule has 0 fully saturated rings. The summed E-state index contributed by atoms with van der Waals surface area (Å²) in [5, 5.41) is 3.52. The number of ether oxygens (including phenoxy) is 1. The van der Waals surface area contributed by atoms with Gasteiger partial charge < -0.3 is 15.8 Å². The van der Waals surface area contributed by atoms with Crippen molar-refractivity contribution in [2.75, 3.05) is 18.5 Å². The highest BCUT2D eigenvalue weighted by Gasteiger charge is 2.15. The second-order valence-electron chi connectivity index (χ2n) is 2.89. The van der Waals surface area contributed by atoms with Gasteiger partial charge in [0.15, 0.2) is 5.69 Å². The molecule has 16 heavy (non-hydrogen) atoms. The molecule has 1 aromatic heterocycles. The first kappa shape index (κ1) is 12.4. The maximum absolute atomic E-state index is 11.4. The first-order valence-corrected chi connectivity index (χ1v) is 5.66. The number of carbonyl (C=O) groups excluding carboxylic acids is 2. The molecule has 88 valence electrons. The van der Waals surface area contributed by atoms with Gasteiger partial charge in [-0.05, 0) is 6.92 Å². The molecule has 0 aliphatic carbocycles. The average Bonchev–Trinajstić information content (AvgIpc) is 2.66. The van der Waals surface area contributed by atoms with Crippen LogP contribution in [0.3, 0.4) is 0 Å². The van der Waals surface area contributed by atoms with Gasteiger partial charge in [0.2, 0.25) is 5.91 Å². The molecule has 1 amide bonds. The third kappa shape index (κ3) is 3.50. The molecule has 0 saturated carbocycles. The quantitative estimate of drug-likeness (QED) is 0.714. The molecule has 7 heteroatoms. The Morgan fingerprint density at radius 3 is 3.00 bits per heavy atom. The van der Waals surface area contributed by atoms with Crippen LogP contribution in [0.1, 0.15) is 23.8 Å². The number of rotatable bonds is 6. The van der Waals surface area contributed by atoms with Crippen LogP contribution in [0.2, 0.25) is 0 Å². The number of primary amides is 1.